The van der Waals surface area contributed by atoms with Crippen LogP contribution in [0.15, 0.2) is 119 Å². The maximum absolute atomic E-state index is 13.4. The number of anilines is 1. The van der Waals surface area contributed by atoms with Gasteiger partial charge in [0.25, 0.3) is 5.56 Å². The molecule has 0 saturated carbocycles. The lowest BCUT2D eigenvalue weighted by molar-refractivity contribution is 0.305. The third-order valence-corrected chi connectivity index (χ3v) is 7.50. The van der Waals surface area contributed by atoms with Gasteiger partial charge in [0.1, 0.15) is 17.2 Å². The molecule has 43 heavy (non-hydrogen) atoms. The number of hydrogen-bond acceptors (Lipinski definition) is 5. The predicted octanol–water partition coefficient (Wildman–Crippen LogP) is 7.49. The van der Waals surface area contributed by atoms with E-state index in [4.69, 9.17) is 14.1 Å². The highest BCUT2D eigenvalue weighted by Crippen LogP contribution is 2.26. The Morgan fingerprint density at radius 1 is 0.814 bits per heavy atom. The zero-order valence-corrected chi connectivity index (χ0v) is 24.2. The van der Waals surface area contributed by atoms with Crippen LogP contribution >= 0.6 is 0 Å². The van der Waals surface area contributed by atoms with Crippen molar-refractivity contribution in [2.45, 2.75) is 38.5 Å². The number of furan rings is 1. The normalized spacial score (nSPS) is 11.2. The largest absolute Gasteiger partial charge is 0.494 e. The molecule has 2 N–H and O–H groups in total. The molecule has 0 spiro atoms. The molecular formula is C36H36N4O3. The van der Waals surface area contributed by atoms with Gasteiger partial charge in [0, 0.05) is 24.8 Å². The first-order valence-corrected chi connectivity index (χ1v) is 14.9. The summed E-state index contributed by atoms with van der Waals surface area (Å²) >= 11 is 0. The highest BCUT2D eigenvalue weighted by molar-refractivity contribution is 5.61. The lowest BCUT2D eigenvalue weighted by Gasteiger charge is -2.14. The number of nitrogens with one attached hydrogen (secondary N) is 2. The topological polar surface area (TPSA) is 85.1 Å². The number of nitrogens with zero attached hydrogens (tertiary/aromatic N) is 2. The van der Waals surface area contributed by atoms with Crippen LogP contribution in [0.25, 0.3) is 17.1 Å². The fourth-order valence-electron chi connectivity index (χ4n) is 5.23. The number of benzene rings is 3. The van der Waals surface area contributed by atoms with E-state index < -0.39 is 0 Å². The van der Waals surface area contributed by atoms with Gasteiger partial charge in [0.2, 0.25) is 0 Å². The Morgan fingerprint density at radius 2 is 1.58 bits per heavy atom. The van der Waals surface area contributed by atoms with Gasteiger partial charge in [0.15, 0.2) is 5.82 Å². The molecule has 6 rings (SSSR count). The molecule has 2 aliphatic heterocycles. The Morgan fingerprint density at radius 3 is 2.35 bits per heavy atom. The molecule has 7 nitrogen and oxygen atoms in total. The van der Waals surface area contributed by atoms with Crippen molar-refractivity contribution < 1.29 is 9.15 Å². The molecule has 0 saturated heterocycles. The number of aromatic nitrogens is 3. The van der Waals surface area contributed by atoms with Crippen LogP contribution in [0.5, 0.6) is 5.75 Å². The van der Waals surface area contributed by atoms with E-state index in [1.165, 1.54) is 12.1 Å². The van der Waals surface area contributed by atoms with Crippen molar-refractivity contribution in [2.75, 3.05) is 18.5 Å². The van der Waals surface area contributed by atoms with E-state index >= 15 is 0 Å². The first kappa shape index (κ1) is 28.1. The van der Waals surface area contributed by atoms with Gasteiger partial charge < -0.3 is 19.5 Å². The molecule has 218 valence electrons. The number of imidazole rings is 1. The monoisotopic (exact) mass is 572 g/mol. The van der Waals surface area contributed by atoms with Crippen molar-refractivity contribution in [1.29, 1.82) is 0 Å². The van der Waals surface area contributed by atoms with Crippen LogP contribution in [-0.2, 0) is 12.8 Å². The van der Waals surface area contributed by atoms with Crippen LogP contribution < -0.4 is 15.6 Å². The van der Waals surface area contributed by atoms with E-state index in [2.05, 4.69) is 34.6 Å². The second kappa shape index (κ2) is 13.7. The molecule has 0 fully saturated rings. The van der Waals surface area contributed by atoms with Gasteiger partial charge in [-0.1, -0.05) is 61.4 Å². The molecule has 0 atom stereocenters. The number of hydrogen-bond donors (Lipinski definition) is 2. The van der Waals surface area contributed by atoms with Gasteiger partial charge >= 0.3 is 0 Å². The zero-order valence-electron chi connectivity index (χ0n) is 24.2. The maximum Gasteiger partial charge on any atom is 0.278 e. The highest BCUT2D eigenvalue weighted by Gasteiger charge is 2.21. The Labute approximate surface area is 251 Å². The lowest BCUT2D eigenvalue weighted by atomic mass is 10.1. The number of rotatable bonds is 14. The summed E-state index contributed by atoms with van der Waals surface area (Å²) in [6.07, 6.45) is 8.90. The van der Waals surface area contributed by atoms with E-state index in [1.807, 2.05) is 79.0 Å². The van der Waals surface area contributed by atoms with Crippen molar-refractivity contribution in [3.8, 4) is 22.8 Å². The molecule has 3 heterocycles. The molecule has 7 heteroatoms. The standard InChI is InChI=1S/C36H36N4O3/c41-36-33(25-31-16-11-23-43-31)39-35-32(24-27-12-5-3-6-13-27)38-34(26-40(35)36)28-17-19-30(20-18-28)42-22-10-2-1-9-21-37-29-14-7-4-8-15-29/h3-8,11-20,23,26,37-38H,1-2,9-10,21-22,24-25H2. The van der Waals surface area contributed by atoms with E-state index in [0.717, 1.165) is 54.1 Å². The van der Waals surface area contributed by atoms with Crippen molar-refractivity contribution in [1.82, 2.24) is 14.5 Å². The number of unbranched alkanes of at least 4 members (excludes halogenated alkanes) is 3. The number of ether oxygens (including phenoxy) is 1. The predicted molar refractivity (Wildman–Crippen MR) is 170 cm³/mol. The van der Waals surface area contributed by atoms with Gasteiger partial charge in [-0.25, -0.2) is 4.98 Å². The summed E-state index contributed by atoms with van der Waals surface area (Å²) in [5.41, 5.74) is 5.33. The van der Waals surface area contributed by atoms with E-state index in [0.29, 0.717) is 36.7 Å². The molecule has 2 aliphatic rings. The second-order valence-electron chi connectivity index (χ2n) is 10.7. The molecule has 1 aromatic heterocycles. The minimum Gasteiger partial charge on any atom is -0.494 e. The van der Waals surface area contributed by atoms with Gasteiger partial charge in [-0.2, -0.15) is 0 Å². The molecule has 0 bridgehead atoms. The van der Waals surface area contributed by atoms with Crippen LogP contribution in [0, 0.1) is 0 Å². The Bertz CT molecular complexity index is 1720. The molecule has 3 aromatic carbocycles. The molecule has 0 unspecified atom stereocenters. The van der Waals surface area contributed by atoms with Crippen LogP contribution in [0.2, 0.25) is 0 Å². The highest BCUT2D eigenvalue weighted by atomic mass is 16.5. The molecule has 4 aromatic rings. The smallest absolute Gasteiger partial charge is 0.278 e. The van der Waals surface area contributed by atoms with Crippen molar-refractivity contribution >= 4 is 5.69 Å². The minimum atomic E-state index is -0.133. The van der Waals surface area contributed by atoms with Crippen LogP contribution in [-0.4, -0.2) is 27.7 Å². The van der Waals surface area contributed by atoms with Crippen molar-refractivity contribution in [3.05, 3.63) is 143 Å². The summed E-state index contributed by atoms with van der Waals surface area (Å²) in [6.45, 7) is 1.68. The Balaban J connectivity index is 1.10. The molecule has 0 aliphatic carbocycles. The number of para-hydroxylation sites is 1. The number of H-pyrrole nitrogens is 1. The maximum atomic E-state index is 13.4. The third kappa shape index (κ3) is 7.25. The average molecular weight is 573 g/mol. The van der Waals surface area contributed by atoms with E-state index in [-0.39, 0.29) is 5.56 Å². The average Bonchev–Trinajstić information content (AvgIpc) is 3.68. The molecule has 0 radical (unpaired) electrons. The van der Waals surface area contributed by atoms with E-state index in [9.17, 15) is 4.79 Å². The summed E-state index contributed by atoms with van der Waals surface area (Å²) in [6, 6.07) is 32.2. The SMILES string of the molecule is O=c1c(Cc2ccco2)nc2c(Cc3ccccc3)[nH]c(-c3ccc(OCCCCCCNc4ccccc4)cc3)cn1-2. The molecule has 0 amide bonds. The van der Waals surface area contributed by atoms with Crippen LogP contribution in [0.4, 0.5) is 5.69 Å². The van der Waals surface area contributed by atoms with Gasteiger partial charge in [-0.3, -0.25) is 9.36 Å². The fraction of sp³-hybridized carbons (Fsp3) is 0.222. The lowest BCUT2D eigenvalue weighted by Crippen LogP contribution is -2.17. The third-order valence-electron chi connectivity index (χ3n) is 7.50. The van der Waals surface area contributed by atoms with Crippen molar-refractivity contribution in [2.24, 2.45) is 0 Å². The number of fused-ring (bicyclic) bond motifs is 1. The summed E-state index contributed by atoms with van der Waals surface area (Å²) in [4.78, 5) is 21.7. The van der Waals surface area contributed by atoms with Gasteiger partial charge in [0.05, 0.1) is 30.7 Å². The summed E-state index contributed by atoms with van der Waals surface area (Å²) in [7, 11) is 0. The Kier molecular flexibility index (Phi) is 8.98. The summed E-state index contributed by atoms with van der Waals surface area (Å²) < 4.78 is 13.2. The molecular weight excluding hydrogens is 536 g/mol. The zero-order chi connectivity index (χ0) is 29.3. The Hall–Kier alpha value is -5.04. The van der Waals surface area contributed by atoms with Crippen molar-refractivity contribution in [3.63, 3.8) is 0 Å². The quantitative estimate of drug-likeness (QED) is 0.132. The number of aromatic amines is 1. The first-order valence-electron chi connectivity index (χ1n) is 14.9. The van der Waals surface area contributed by atoms with E-state index in [1.54, 1.807) is 10.8 Å². The van der Waals surface area contributed by atoms with Gasteiger partial charge in [-0.15, -0.1) is 0 Å². The summed E-state index contributed by atoms with van der Waals surface area (Å²) in [5.74, 6) is 2.19. The second-order valence-corrected chi connectivity index (χ2v) is 10.7. The minimum absolute atomic E-state index is 0.133. The fourth-order valence-corrected chi connectivity index (χ4v) is 5.23. The summed E-state index contributed by atoms with van der Waals surface area (Å²) in [5, 5.41) is 3.46. The van der Waals surface area contributed by atoms with Crippen LogP contribution in [0.3, 0.4) is 0 Å². The van der Waals surface area contributed by atoms with Gasteiger partial charge in [-0.05, 0) is 72.5 Å². The first-order chi connectivity index (χ1) is 21.2. The van der Waals surface area contributed by atoms with Crippen LogP contribution in [0.1, 0.15) is 48.4 Å².